The first-order valence-electron chi connectivity index (χ1n) is 9.42. The Hall–Kier alpha value is -3.15. The summed E-state index contributed by atoms with van der Waals surface area (Å²) in [5.41, 5.74) is 3.29. The zero-order chi connectivity index (χ0) is 20.3. The number of rotatable bonds is 5. The lowest BCUT2D eigenvalue weighted by molar-refractivity contribution is -0.157. The van der Waals surface area contributed by atoms with Crippen molar-refractivity contribution in [3.63, 3.8) is 0 Å². The monoisotopic (exact) mass is 379 g/mol. The summed E-state index contributed by atoms with van der Waals surface area (Å²) in [5, 5.41) is 2.86. The fraction of sp³-hybridized carbons (Fsp3) is 0.318. The molecule has 1 N–H and O–H groups in total. The van der Waals surface area contributed by atoms with Crippen LogP contribution in [-0.2, 0) is 16.1 Å². The Morgan fingerprint density at radius 3 is 2.21 bits per heavy atom. The van der Waals surface area contributed by atoms with Crippen LogP contribution < -0.4 is 5.32 Å². The molecule has 1 aliphatic rings. The molecule has 1 saturated heterocycles. The summed E-state index contributed by atoms with van der Waals surface area (Å²) in [6.07, 6.45) is 0. The number of hydrogen-bond acceptors (Lipinski definition) is 3. The minimum Gasteiger partial charge on any atom is -0.330 e. The average Bonchev–Trinajstić information content (AvgIpc) is 2.67. The molecular weight excluding hydrogens is 354 g/mol. The minimum atomic E-state index is -0.471. The number of amides is 3. The summed E-state index contributed by atoms with van der Waals surface area (Å²) in [4.78, 5) is 40.0. The molecule has 0 saturated carbocycles. The Kier molecular flexibility index (Phi) is 5.78. The Morgan fingerprint density at radius 1 is 0.964 bits per heavy atom. The van der Waals surface area contributed by atoms with E-state index in [9.17, 15) is 14.4 Å². The van der Waals surface area contributed by atoms with Gasteiger partial charge in [-0.1, -0.05) is 29.8 Å². The number of carbonyl (C=O) groups excluding carboxylic acids is 3. The molecule has 6 heteroatoms. The van der Waals surface area contributed by atoms with Gasteiger partial charge in [-0.2, -0.15) is 0 Å². The van der Waals surface area contributed by atoms with Crippen LogP contribution in [0.15, 0.2) is 48.5 Å². The summed E-state index contributed by atoms with van der Waals surface area (Å²) >= 11 is 0. The number of hydrogen-bond donors (Lipinski definition) is 1. The van der Waals surface area contributed by atoms with Crippen LogP contribution in [-0.4, -0.2) is 46.7 Å². The Labute approximate surface area is 165 Å². The second kappa shape index (κ2) is 8.25. The average molecular weight is 379 g/mol. The zero-order valence-corrected chi connectivity index (χ0v) is 16.4. The first kappa shape index (κ1) is 19.6. The van der Waals surface area contributed by atoms with Gasteiger partial charge in [-0.25, -0.2) is 0 Å². The number of nitrogens with one attached hydrogen (secondary N) is 1. The first-order chi connectivity index (χ1) is 13.3. The summed E-state index contributed by atoms with van der Waals surface area (Å²) in [6, 6.07) is 14.7. The normalized spacial score (nSPS) is 14.6. The van der Waals surface area contributed by atoms with Crippen molar-refractivity contribution >= 4 is 23.4 Å². The molecule has 0 atom stereocenters. The van der Waals surface area contributed by atoms with E-state index in [1.165, 1.54) is 0 Å². The second-order valence-electron chi connectivity index (χ2n) is 7.34. The molecule has 0 spiro atoms. The van der Waals surface area contributed by atoms with E-state index in [0.717, 1.165) is 16.8 Å². The molecule has 0 aromatic heterocycles. The van der Waals surface area contributed by atoms with Crippen LogP contribution >= 0.6 is 0 Å². The molecule has 1 aliphatic heterocycles. The summed E-state index contributed by atoms with van der Waals surface area (Å²) in [7, 11) is 0. The molecule has 1 fully saturated rings. The molecule has 0 bridgehead atoms. The Morgan fingerprint density at radius 2 is 1.61 bits per heavy atom. The highest BCUT2D eigenvalue weighted by atomic mass is 16.2. The van der Waals surface area contributed by atoms with Crippen LogP contribution in [0.2, 0.25) is 0 Å². The van der Waals surface area contributed by atoms with E-state index in [4.69, 9.17) is 0 Å². The van der Waals surface area contributed by atoms with E-state index < -0.39 is 11.8 Å². The Balaban J connectivity index is 1.61. The quantitative estimate of drug-likeness (QED) is 0.812. The van der Waals surface area contributed by atoms with Crippen LogP contribution in [0.3, 0.4) is 0 Å². The SMILES string of the molecule is Cc1ccc(NC(=O)c2ccc(CN3CCN(C(C)C)C(=O)C3=O)cc2)cc1. The molecule has 3 rings (SSSR count). The number of nitrogens with zero attached hydrogens (tertiary/aromatic N) is 2. The Bertz CT molecular complexity index is 873. The highest BCUT2D eigenvalue weighted by Gasteiger charge is 2.33. The van der Waals surface area contributed by atoms with Gasteiger partial charge in [0.25, 0.3) is 5.91 Å². The molecule has 3 amide bonds. The van der Waals surface area contributed by atoms with Gasteiger partial charge in [0.1, 0.15) is 0 Å². The topological polar surface area (TPSA) is 69.7 Å². The lowest BCUT2D eigenvalue weighted by Crippen LogP contribution is -2.55. The van der Waals surface area contributed by atoms with E-state index in [1.54, 1.807) is 21.9 Å². The first-order valence-corrected chi connectivity index (χ1v) is 9.42. The third-order valence-electron chi connectivity index (χ3n) is 4.86. The van der Waals surface area contributed by atoms with Crippen molar-refractivity contribution in [2.45, 2.75) is 33.4 Å². The third-order valence-corrected chi connectivity index (χ3v) is 4.86. The van der Waals surface area contributed by atoms with Gasteiger partial charge in [-0.15, -0.1) is 0 Å². The predicted octanol–water partition coefficient (Wildman–Crippen LogP) is 2.83. The van der Waals surface area contributed by atoms with Gasteiger partial charge in [-0.05, 0) is 50.6 Å². The molecule has 0 aliphatic carbocycles. The molecule has 28 heavy (non-hydrogen) atoms. The highest BCUT2D eigenvalue weighted by molar-refractivity contribution is 6.35. The van der Waals surface area contributed by atoms with E-state index >= 15 is 0 Å². The molecule has 2 aromatic rings. The highest BCUT2D eigenvalue weighted by Crippen LogP contribution is 2.15. The standard InChI is InChI=1S/C22H25N3O3/c1-15(2)25-13-12-24(21(27)22(25)28)14-17-6-8-18(9-7-17)20(26)23-19-10-4-16(3)5-11-19/h4-11,15H,12-14H2,1-3H3,(H,23,26). The van der Waals surface area contributed by atoms with Gasteiger partial charge in [0.05, 0.1) is 0 Å². The van der Waals surface area contributed by atoms with Crippen molar-refractivity contribution in [2.24, 2.45) is 0 Å². The maximum Gasteiger partial charge on any atom is 0.312 e. The van der Waals surface area contributed by atoms with Gasteiger partial charge >= 0.3 is 11.8 Å². The van der Waals surface area contributed by atoms with Gasteiger partial charge < -0.3 is 15.1 Å². The van der Waals surface area contributed by atoms with Crippen LogP contribution in [0.25, 0.3) is 0 Å². The van der Waals surface area contributed by atoms with Crippen LogP contribution in [0.1, 0.15) is 35.3 Å². The van der Waals surface area contributed by atoms with Gasteiger partial charge in [0.2, 0.25) is 0 Å². The van der Waals surface area contributed by atoms with Gasteiger partial charge in [0.15, 0.2) is 0 Å². The van der Waals surface area contributed by atoms with Crippen molar-refractivity contribution < 1.29 is 14.4 Å². The molecule has 146 valence electrons. The number of anilines is 1. The van der Waals surface area contributed by atoms with E-state index in [0.29, 0.717) is 25.2 Å². The number of benzene rings is 2. The largest absolute Gasteiger partial charge is 0.330 e. The lowest BCUT2D eigenvalue weighted by Gasteiger charge is -2.36. The number of piperazine rings is 1. The minimum absolute atomic E-state index is 0.0184. The van der Waals surface area contributed by atoms with Crippen LogP contribution in [0.4, 0.5) is 5.69 Å². The molecule has 0 radical (unpaired) electrons. The maximum atomic E-state index is 12.4. The van der Waals surface area contributed by atoms with Crippen LogP contribution in [0, 0.1) is 6.92 Å². The molecule has 6 nitrogen and oxygen atoms in total. The van der Waals surface area contributed by atoms with Crippen molar-refractivity contribution in [2.75, 3.05) is 18.4 Å². The smallest absolute Gasteiger partial charge is 0.312 e. The van der Waals surface area contributed by atoms with Gasteiger partial charge in [-0.3, -0.25) is 14.4 Å². The predicted molar refractivity (Wildman–Crippen MR) is 108 cm³/mol. The summed E-state index contributed by atoms with van der Waals surface area (Å²) < 4.78 is 0. The third kappa shape index (κ3) is 4.39. The zero-order valence-electron chi connectivity index (χ0n) is 16.4. The van der Waals surface area contributed by atoms with Crippen molar-refractivity contribution in [3.05, 3.63) is 65.2 Å². The maximum absolute atomic E-state index is 12.4. The van der Waals surface area contributed by atoms with Gasteiger partial charge in [0, 0.05) is 36.9 Å². The lowest BCUT2D eigenvalue weighted by atomic mass is 10.1. The van der Waals surface area contributed by atoms with E-state index in [-0.39, 0.29) is 11.9 Å². The molecule has 2 aromatic carbocycles. The fourth-order valence-electron chi connectivity index (χ4n) is 3.16. The number of aryl methyl sites for hydroxylation is 1. The molecule has 0 unspecified atom stereocenters. The number of carbonyl (C=O) groups is 3. The second-order valence-corrected chi connectivity index (χ2v) is 7.34. The van der Waals surface area contributed by atoms with E-state index in [2.05, 4.69) is 5.32 Å². The summed E-state index contributed by atoms with van der Waals surface area (Å²) in [5.74, 6) is -1.11. The van der Waals surface area contributed by atoms with Crippen molar-refractivity contribution in [1.29, 1.82) is 0 Å². The van der Waals surface area contributed by atoms with E-state index in [1.807, 2.05) is 57.2 Å². The molecule has 1 heterocycles. The van der Waals surface area contributed by atoms with Crippen molar-refractivity contribution in [1.82, 2.24) is 9.80 Å². The summed E-state index contributed by atoms with van der Waals surface area (Å²) in [6.45, 7) is 7.21. The van der Waals surface area contributed by atoms with Crippen molar-refractivity contribution in [3.8, 4) is 0 Å². The van der Waals surface area contributed by atoms with Crippen LogP contribution in [0.5, 0.6) is 0 Å². The fourth-order valence-corrected chi connectivity index (χ4v) is 3.16. The molecular formula is C22H25N3O3.